The molecule has 1 saturated carbocycles. The number of carbonyl (C=O) groups excluding carboxylic acids is 1. The normalized spacial score (nSPS) is 20.1. The van der Waals surface area contributed by atoms with E-state index in [4.69, 9.17) is 11.6 Å². The number of nitrogens with one attached hydrogen (secondary N) is 1. The van der Waals surface area contributed by atoms with Crippen LogP contribution in [0.25, 0.3) is 0 Å². The fourth-order valence-corrected chi connectivity index (χ4v) is 2.62. The molecule has 1 aliphatic rings. The molecular formula is C13H24ClNO. The van der Waals surface area contributed by atoms with Crippen LogP contribution in [0.3, 0.4) is 0 Å². The molecule has 0 radical (unpaired) electrons. The highest BCUT2D eigenvalue weighted by atomic mass is 35.5. The maximum absolute atomic E-state index is 11.9. The Morgan fingerprint density at radius 1 is 1.31 bits per heavy atom. The fraction of sp³-hybridized carbons (Fsp3) is 0.923. The Kier molecular flexibility index (Phi) is 6.86. The average Bonchev–Trinajstić information content (AvgIpc) is 2.55. The first kappa shape index (κ1) is 13.8. The molecule has 0 heterocycles. The summed E-state index contributed by atoms with van der Waals surface area (Å²) in [5, 5.41) is 3.07. The summed E-state index contributed by atoms with van der Waals surface area (Å²) < 4.78 is 0. The van der Waals surface area contributed by atoms with Gasteiger partial charge < -0.3 is 5.32 Å². The predicted molar refractivity (Wildman–Crippen MR) is 68.7 cm³/mol. The zero-order chi connectivity index (χ0) is 11.8. The molecule has 1 fully saturated rings. The maximum Gasteiger partial charge on any atom is 0.223 e. The van der Waals surface area contributed by atoms with Gasteiger partial charge in [-0.2, -0.15) is 0 Å². The molecule has 1 rings (SSSR count). The van der Waals surface area contributed by atoms with E-state index >= 15 is 0 Å². The summed E-state index contributed by atoms with van der Waals surface area (Å²) in [5.74, 6) is 1.71. The number of hydrogen-bond donors (Lipinski definition) is 1. The highest BCUT2D eigenvalue weighted by Crippen LogP contribution is 2.22. The Bertz CT molecular complexity index is 200. The van der Waals surface area contributed by atoms with Gasteiger partial charge in [0.25, 0.3) is 0 Å². The lowest BCUT2D eigenvalue weighted by molar-refractivity contribution is -0.125. The van der Waals surface area contributed by atoms with Crippen molar-refractivity contribution in [1.82, 2.24) is 5.32 Å². The van der Waals surface area contributed by atoms with Gasteiger partial charge in [0.05, 0.1) is 0 Å². The third-order valence-corrected chi connectivity index (χ3v) is 3.67. The molecular weight excluding hydrogens is 222 g/mol. The minimum atomic E-state index is 0.267. The Morgan fingerprint density at radius 3 is 2.50 bits per heavy atom. The third-order valence-electron chi connectivity index (χ3n) is 3.45. The first-order valence-corrected chi connectivity index (χ1v) is 7.11. The Balaban J connectivity index is 2.22. The lowest BCUT2D eigenvalue weighted by Crippen LogP contribution is -2.33. The largest absolute Gasteiger partial charge is 0.356 e. The van der Waals surface area contributed by atoms with E-state index in [1.54, 1.807) is 0 Å². The van der Waals surface area contributed by atoms with Gasteiger partial charge in [0.2, 0.25) is 5.91 Å². The standard InChI is InChI=1S/C13H24ClNO/c1-11(8-9-14)10-15-13(16)12-6-4-2-3-5-7-12/h11-12H,2-10H2,1H3,(H,15,16). The van der Waals surface area contributed by atoms with Gasteiger partial charge in [-0.05, 0) is 25.2 Å². The van der Waals surface area contributed by atoms with Crippen LogP contribution >= 0.6 is 11.6 Å². The van der Waals surface area contributed by atoms with E-state index in [1.807, 2.05) is 0 Å². The molecule has 0 saturated heterocycles. The maximum atomic E-state index is 11.9. The Labute approximate surface area is 104 Å². The van der Waals surface area contributed by atoms with Crippen LogP contribution in [-0.4, -0.2) is 18.3 Å². The summed E-state index contributed by atoms with van der Waals surface area (Å²) in [4.78, 5) is 11.9. The van der Waals surface area contributed by atoms with Crippen molar-refractivity contribution in [3.8, 4) is 0 Å². The first-order valence-electron chi connectivity index (χ1n) is 6.57. The van der Waals surface area contributed by atoms with Gasteiger partial charge in [0.15, 0.2) is 0 Å². The number of carbonyl (C=O) groups is 1. The summed E-state index contributed by atoms with van der Waals surface area (Å²) in [6, 6.07) is 0. The first-order chi connectivity index (χ1) is 7.74. The third kappa shape index (κ3) is 5.20. The summed E-state index contributed by atoms with van der Waals surface area (Å²) >= 11 is 5.67. The van der Waals surface area contributed by atoms with E-state index in [2.05, 4.69) is 12.2 Å². The van der Waals surface area contributed by atoms with Gasteiger partial charge in [-0.1, -0.05) is 32.6 Å². The topological polar surface area (TPSA) is 29.1 Å². The van der Waals surface area contributed by atoms with E-state index in [1.165, 1.54) is 25.7 Å². The van der Waals surface area contributed by atoms with Gasteiger partial charge in [0.1, 0.15) is 0 Å². The summed E-state index contributed by atoms with van der Waals surface area (Å²) in [6.45, 7) is 2.91. The quantitative estimate of drug-likeness (QED) is 0.584. The van der Waals surface area contributed by atoms with Gasteiger partial charge in [-0.25, -0.2) is 0 Å². The second-order valence-corrected chi connectivity index (χ2v) is 5.39. The van der Waals surface area contributed by atoms with Crippen molar-refractivity contribution in [3.05, 3.63) is 0 Å². The number of rotatable bonds is 5. The van der Waals surface area contributed by atoms with Crippen molar-refractivity contribution in [2.24, 2.45) is 11.8 Å². The van der Waals surface area contributed by atoms with Crippen LogP contribution in [0, 0.1) is 11.8 Å². The van der Waals surface area contributed by atoms with E-state index in [0.29, 0.717) is 11.8 Å². The molecule has 1 unspecified atom stereocenters. The monoisotopic (exact) mass is 245 g/mol. The molecule has 1 atom stereocenters. The van der Waals surface area contributed by atoms with Crippen LogP contribution in [0.1, 0.15) is 51.9 Å². The van der Waals surface area contributed by atoms with Gasteiger partial charge in [-0.15, -0.1) is 11.6 Å². The highest BCUT2D eigenvalue weighted by Gasteiger charge is 2.19. The molecule has 3 heteroatoms. The SMILES string of the molecule is CC(CCCl)CNC(=O)C1CCCCCC1. The lowest BCUT2D eigenvalue weighted by Gasteiger charge is -2.16. The zero-order valence-corrected chi connectivity index (χ0v) is 11.1. The molecule has 0 bridgehead atoms. The summed E-state index contributed by atoms with van der Waals surface area (Å²) in [7, 11) is 0. The van der Waals surface area contributed by atoms with Crippen molar-refractivity contribution in [1.29, 1.82) is 0 Å². The van der Waals surface area contributed by atoms with Crippen molar-refractivity contribution >= 4 is 17.5 Å². The van der Waals surface area contributed by atoms with Crippen molar-refractivity contribution in [3.63, 3.8) is 0 Å². The molecule has 2 nitrogen and oxygen atoms in total. The molecule has 1 aliphatic carbocycles. The predicted octanol–water partition coefficient (Wildman–Crippen LogP) is 3.34. The molecule has 1 N–H and O–H groups in total. The second kappa shape index (κ2) is 7.94. The van der Waals surface area contributed by atoms with E-state index in [0.717, 1.165) is 25.8 Å². The number of hydrogen-bond acceptors (Lipinski definition) is 1. The second-order valence-electron chi connectivity index (χ2n) is 5.02. The van der Waals surface area contributed by atoms with Crippen molar-refractivity contribution in [2.45, 2.75) is 51.9 Å². The van der Waals surface area contributed by atoms with Crippen LogP contribution in [-0.2, 0) is 4.79 Å². The van der Waals surface area contributed by atoms with Crippen LogP contribution in [0.2, 0.25) is 0 Å². The molecule has 0 aromatic carbocycles. The molecule has 0 aromatic rings. The van der Waals surface area contributed by atoms with E-state index in [-0.39, 0.29) is 11.8 Å². The van der Waals surface area contributed by atoms with Crippen LogP contribution in [0.15, 0.2) is 0 Å². The lowest BCUT2D eigenvalue weighted by atomic mass is 9.99. The van der Waals surface area contributed by atoms with Crippen LogP contribution in [0.4, 0.5) is 0 Å². The van der Waals surface area contributed by atoms with E-state index in [9.17, 15) is 4.79 Å². The van der Waals surface area contributed by atoms with Crippen LogP contribution in [0.5, 0.6) is 0 Å². The average molecular weight is 246 g/mol. The van der Waals surface area contributed by atoms with Gasteiger partial charge in [0, 0.05) is 18.3 Å². The molecule has 0 aromatic heterocycles. The van der Waals surface area contributed by atoms with Gasteiger partial charge in [-0.3, -0.25) is 4.79 Å². The van der Waals surface area contributed by atoms with Crippen LogP contribution < -0.4 is 5.32 Å². The zero-order valence-electron chi connectivity index (χ0n) is 10.3. The smallest absolute Gasteiger partial charge is 0.223 e. The molecule has 0 spiro atoms. The number of alkyl halides is 1. The molecule has 16 heavy (non-hydrogen) atoms. The highest BCUT2D eigenvalue weighted by molar-refractivity contribution is 6.17. The fourth-order valence-electron chi connectivity index (χ4n) is 2.25. The Hall–Kier alpha value is -0.240. The number of amides is 1. The Morgan fingerprint density at radius 2 is 1.94 bits per heavy atom. The summed E-state index contributed by atoms with van der Waals surface area (Å²) in [5.41, 5.74) is 0. The van der Waals surface area contributed by atoms with Crippen molar-refractivity contribution < 1.29 is 4.79 Å². The number of halogens is 1. The van der Waals surface area contributed by atoms with E-state index < -0.39 is 0 Å². The minimum Gasteiger partial charge on any atom is -0.356 e. The summed E-state index contributed by atoms with van der Waals surface area (Å²) in [6.07, 6.45) is 8.17. The molecule has 1 amide bonds. The van der Waals surface area contributed by atoms with Gasteiger partial charge >= 0.3 is 0 Å². The minimum absolute atomic E-state index is 0.267. The van der Waals surface area contributed by atoms with Crippen molar-refractivity contribution in [2.75, 3.05) is 12.4 Å². The molecule has 0 aliphatic heterocycles. The molecule has 94 valence electrons.